The number of hydrogen-bond acceptors (Lipinski definition) is 3. The Bertz CT molecular complexity index is 276. The van der Waals surface area contributed by atoms with Crippen molar-refractivity contribution in [3.8, 4) is 0 Å². The van der Waals surface area contributed by atoms with E-state index < -0.39 is 0 Å². The summed E-state index contributed by atoms with van der Waals surface area (Å²) in [5, 5.41) is 5.72. The average molecular weight is 224 g/mol. The van der Waals surface area contributed by atoms with Crippen molar-refractivity contribution in [2.24, 2.45) is 5.41 Å². The molecule has 1 aromatic rings. The molecule has 2 rings (SSSR count). The molecule has 0 spiro atoms. The van der Waals surface area contributed by atoms with E-state index in [1.54, 1.807) is 11.3 Å². The van der Waals surface area contributed by atoms with Crippen molar-refractivity contribution < 1.29 is 0 Å². The normalized spacial score (nSPS) is 19.5. The van der Waals surface area contributed by atoms with E-state index in [2.05, 4.69) is 22.6 Å². The lowest BCUT2D eigenvalue weighted by molar-refractivity contribution is 0.278. The highest BCUT2D eigenvalue weighted by molar-refractivity contribution is 7.07. The Labute approximate surface area is 96.1 Å². The van der Waals surface area contributed by atoms with Crippen LogP contribution < -0.4 is 5.32 Å². The molecular formula is C12H20N2S. The van der Waals surface area contributed by atoms with Crippen LogP contribution in [0.25, 0.3) is 0 Å². The van der Waals surface area contributed by atoms with Crippen LogP contribution in [0.3, 0.4) is 0 Å². The van der Waals surface area contributed by atoms with Gasteiger partial charge in [-0.25, -0.2) is 4.98 Å². The first-order chi connectivity index (χ1) is 7.35. The van der Waals surface area contributed by atoms with Crippen molar-refractivity contribution in [2.75, 3.05) is 13.1 Å². The Balaban J connectivity index is 1.99. The predicted octanol–water partition coefficient (Wildman–Crippen LogP) is 2.86. The largest absolute Gasteiger partial charge is 0.316 e. The minimum absolute atomic E-state index is 0.504. The number of nitrogens with zero attached hydrogens (tertiary/aromatic N) is 1. The van der Waals surface area contributed by atoms with E-state index in [4.69, 9.17) is 0 Å². The minimum atomic E-state index is 0.504. The van der Waals surface area contributed by atoms with Crippen molar-refractivity contribution in [1.82, 2.24) is 10.3 Å². The van der Waals surface area contributed by atoms with Gasteiger partial charge in [-0.05, 0) is 31.2 Å². The van der Waals surface area contributed by atoms with Crippen LogP contribution in [0.2, 0.25) is 0 Å². The maximum absolute atomic E-state index is 4.42. The molecule has 84 valence electrons. The maximum Gasteiger partial charge on any atom is 0.0794 e. The van der Waals surface area contributed by atoms with Crippen LogP contribution in [0.15, 0.2) is 10.9 Å². The van der Waals surface area contributed by atoms with E-state index in [9.17, 15) is 0 Å². The maximum atomic E-state index is 4.42. The Morgan fingerprint density at radius 3 is 2.87 bits per heavy atom. The second-order valence-electron chi connectivity index (χ2n) is 4.64. The number of hydrogen-bond donors (Lipinski definition) is 1. The summed E-state index contributed by atoms with van der Waals surface area (Å²) >= 11 is 1.71. The highest BCUT2D eigenvalue weighted by atomic mass is 32.1. The van der Waals surface area contributed by atoms with Gasteiger partial charge in [0.1, 0.15) is 0 Å². The van der Waals surface area contributed by atoms with Crippen LogP contribution in [-0.4, -0.2) is 18.1 Å². The monoisotopic (exact) mass is 224 g/mol. The average Bonchev–Trinajstić information content (AvgIpc) is 2.88. The molecule has 0 saturated heterocycles. The molecule has 2 nitrogen and oxygen atoms in total. The SMILES string of the molecule is CCNCC1(Cc2cscn2)CCCC1. The van der Waals surface area contributed by atoms with Crippen LogP contribution in [-0.2, 0) is 6.42 Å². The third-order valence-electron chi connectivity index (χ3n) is 3.45. The molecule has 3 heteroatoms. The minimum Gasteiger partial charge on any atom is -0.316 e. The Morgan fingerprint density at radius 1 is 1.47 bits per heavy atom. The van der Waals surface area contributed by atoms with Gasteiger partial charge in [0.15, 0.2) is 0 Å². The fourth-order valence-corrected chi connectivity index (χ4v) is 3.20. The van der Waals surface area contributed by atoms with Gasteiger partial charge in [-0.1, -0.05) is 19.8 Å². The smallest absolute Gasteiger partial charge is 0.0794 e. The molecule has 0 radical (unpaired) electrons. The lowest BCUT2D eigenvalue weighted by Crippen LogP contribution is -2.34. The summed E-state index contributed by atoms with van der Waals surface area (Å²) in [4.78, 5) is 4.42. The van der Waals surface area contributed by atoms with Gasteiger partial charge in [-0.15, -0.1) is 11.3 Å². The molecule has 0 bridgehead atoms. The van der Waals surface area contributed by atoms with E-state index in [0.29, 0.717) is 5.41 Å². The molecule has 1 aliphatic rings. The number of thiazole rings is 1. The Kier molecular flexibility index (Phi) is 3.76. The lowest BCUT2D eigenvalue weighted by atomic mass is 9.81. The quantitative estimate of drug-likeness (QED) is 0.832. The van der Waals surface area contributed by atoms with Gasteiger partial charge in [0.2, 0.25) is 0 Å². The fourth-order valence-electron chi connectivity index (χ4n) is 2.64. The molecule has 0 aromatic carbocycles. The van der Waals surface area contributed by atoms with E-state index in [-0.39, 0.29) is 0 Å². The predicted molar refractivity (Wildman–Crippen MR) is 65.3 cm³/mol. The summed E-state index contributed by atoms with van der Waals surface area (Å²) in [5.74, 6) is 0. The molecule has 1 heterocycles. The summed E-state index contributed by atoms with van der Waals surface area (Å²) in [6.45, 7) is 4.44. The zero-order valence-corrected chi connectivity index (χ0v) is 10.3. The molecule has 1 saturated carbocycles. The van der Waals surface area contributed by atoms with Crippen molar-refractivity contribution in [3.63, 3.8) is 0 Å². The highest BCUT2D eigenvalue weighted by Crippen LogP contribution is 2.40. The third kappa shape index (κ3) is 2.79. The number of rotatable bonds is 5. The first-order valence-electron chi connectivity index (χ1n) is 5.92. The van der Waals surface area contributed by atoms with Gasteiger partial charge in [-0.2, -0.15) is 0 Å². The van der Waals surface area contributed by atoms with Crippen LogP contribution in [0, 0.1) is 5.41 Å². The summed E-state index contributed by atoms with van der Waals surface area (Å²) in [6.07, 6.45) is 6.71. The van der Waals surface area contributed by atoms with E-state index >= 15 is 0 Å². The summed E-state index contributed by atoms with van der Waals surface area (Å²) in [7, 11) is 0. The third-order valence-corrected chi connectivity index (χ3v) is 4.09. The van der Waals surface area contributed by atoms with Gasteiger partial charge in [0, 0.05) is 11.9 Å². The van der Waals surface area contributed by atoms with E-state index in [1.807, 2.05) is 5.51 Å². The molecule has 1 N–H and O–H groups in total. The molecule has 0 amide bonds. The van der Waals surface area contributed by atoms with Crippen LogP contribution >= 0.6 is 11.3 Å². The number of aromatic nitrogens is 1. The molecule has 1 aliphatic carbocycles. The molecular weight excluding hydrogens is 204 g/mol. The van der Waals surface area contributed by atoms with Gasteiger partial charge in [-0.3, -0.25) is 0 Å². The molecule has 0 aliphatic heterocycles. The van der Waals surface area contributed by atoms with Gasteiger partial charge in [0.05, 0.1) is 11.2 Å². The van der Waals surface area contributed by atoms with E-state index in [0.717, 1.165) is 6.54 Å². The topological polar surface area (TPSA) is 24.9 Å². The van der Waals surface area contributed by atoms with E-state index in [1.165, 1.54) is 44.3 Å². The van der Waals surface area contributed by atoms with Crippen molar-refractivity contribution >= 4 is 11.3 Å². The zero-order valence-electron chi connectivity index (χ0n) is 9.46. The first kappa shape index (κ1) is 11.1. The Hall–Kier alpha value is -0.410. The standard InChI is InChI=1S/C12H20N2S/c1-2-13-9-12(5-3-4-6-12)7-11-8-15-10-14-11/h8,10,13H,2-7,9H2,1H3. The number of nitrogens with one attached hydrogen (secondary N) is 1. The van der Waals surface area contributed by atoms with Crippen molar-refractivity contribution in [2.45, 2.75) is 39.0 Å². The second-order valence-corrected chi connectivity index (χ2v) is 5.36. The molecule has 15 heavy (non-hydrogen) atoms. The molecule has 1 aromatic heterocycles. The molecule has 0 unspecified atom stereocenters. The fraction of sp³-hybridized carbons (Fsp3) is 0.750. The highest BCUT2D eigenvalue weighted by Gasteiger charge is 2.33. The Morgan fingerprint density at radius 2 is 2.27 bits per heavy atom. The van der Waals surface area contributed by atoms with Crippen molar-refractivity contribution in [3.05, 3.63) is 16.6 Å². The van der Waals surface area contributed by atoms with Crippen molar-refractivity contribution in [1.29, 1.82) is 0 Å². The summed E-state index contributed by atoms with van der Waals surface area (Å²) in [6, 6.07) is 0. The van der Waals surface area contributed by atoms with Gasteiger partial charge < -0.3 is 5.32 Å². The second kappa shape index (κ2) is 5.08. The summed E-state index contributed by atoms with van der Waals surface area (Å²) < 4.78 is 0. The molecule has 0 atom stereocenters. The van der Waals surface area contributed by atoms with Gasteiger partial charge >= 0.3 is 0 Å². The first-order valence-corrected chi connectivity index (χ1v) is 6.87. The van der Waals surface area contributed by atoms with Crippen LogP contribution in [0.4, 0.5) is 0 Å². The summed E-state index contributed by atoms with van der Waals surface area (Å²) in [5.41, 5.74) is 3.75. The lowest BCUT2D eigenvalue weighted by Gasteiger charge is -2.28. The van der Waals surface area contributed by atoms with Crippen LogP contribution in [0.1, 0.15) is 38.3 Å². The molecule has 1 fully saturated rings. The van der Waals surface area contributed by atoms with Gasteiger partial charge in [0.25, 0.3) is 0 Å². The zero-order chi connectivity index (χ0) is 10.6. The van der Waals surface area contributed by atoms with Crippen LogP contribution in [0.5, 0.6) is 0 Å².